The molecule has 1 aliphatic heterocycles. The first kappa shape index (κ1) is 25.1. The van der Waals surface area contributed by atoms with Crippen LogP contribution in [0.3, 0.4) is 0 Å². The fourth-order valence-corrected chi connectivity index (χ4v) is 5.13. The Morgan fingerprint density at radius 2 is 1.73 bits per heavy atom. The van der Waals surface area contributed by atoms with E-state index in [0.29, 0.717) is 31.9 Å². The molecular formula is C32H35NO4. The van der Waals surface area contributed by atoms with Gasteiger partial charge in [-0.1, -0.05) is 54.6 Å². The first-order valence-electron chi connectivity index (χ1n) is 13.3. The van der Waals surface area contributed by atoms with E-state index in [4.69, 9.17) is 9.47 Å². The van der Waals surface area contributed by atoms with E-state index in [1.807, 2.05) is 53.4 Å². The van der Waals surface area contributed by atoms with Crippen molar-refractivity contribution in [1.82, 2.24) is 4.90 Å². The van der Waals surface area contributed by atoms with Crippen molar-refractivity contribution in [1.29, 1.82) is 0 Å². The van der Waals surface area contributed by atoms with Crippen LogP contribution in [0.5, 0.6) is 11.5 Å². The molecule has 0 saturated heterocycles. The first-order chi connectivity index (χ1) is 18.1. The molecule has 192 valence electrons. The predicted molar refractivity (Wildman–Crippen MR) is 144 cm³/mol. The quantitative estimate of drug-likeness (QED) is 0.375. The number of ether oxygens (including phenoxy) is 2. The predicted octanol–water partition coefficient (Wildman–Crippen LogP) is 5.43. The zero-order valence-electron chi connectivity index (χ0n) is 21.5. The van der Waals surface area contributed by atoms with Crippen molar-refractivity contribution in [3.8, 4) is 11.5 Å². The standard InChI is InChI=1S/C32H35NO4/c1-36-29-14-8-25(9-15-29)21-31(34)33-17-18-37-30-16-10-24(20-28(30)22-33)7-11-27(32(35)26-12-13-26)19-23-5-3-2-4-6-23/h2-6,8-10,14-16,20,26-27H,7,11-13,17-19,21-22H2,1H3. The van der Waals surface area contributed by atoms with Crippen LogP contribution >= 0.6 is 0 Å². The second-order valence-electron chi connectivity index (χ2n) is 10.2. The van der Waals surface area contributed by atoms with Crippen LogP contribution in [0, 0.1) is 11.8 Å². The maximum atomic E-state index is 13.1. The lowest BCUT2D eigenvalue weighted by molar-refractivity contribution is -0.131. The Hall–Kier alpha value is -3.60. The largest absolute Gasteiger partial charge is 0.497 e. The van der Waals surface area contributed by atoms with E-state index in [-0.39, 0.29) is 17.7 Å². The number of amides is 1. The number of carbonyl (C=O) groups is 2. The number of Topliss-reactive ketones (excluding diaryl/α,β-unsaturated/α-hetero) is 1. The van der Waals surface area contributed by atoms with E-state index < -0.39 is 0 Å². The minimum atomic E-state index is 0.0486. The fraction of sp³-hybridized carbons (Fsp3) is 0.375. The number of hydrogen-bond donors (Lipinski definition) is 0. The van der Waals surface area contributed by atoms with Gasteiger partial charge in [-0.2, -0.15) is 0 Å². The SMILES string of the molecule is COc1ccc(CC(=O)N2CCOc3ccc(CCC(Cc4ccccc4)C(=O)C4CC4)cc3C2)cc1. The second kappa shape index (κ2) is 11.6. The van der Waals surface area contributed by atoms with Crippen LogP contribution in [0.1, 0.15) is 41.5 Å². The molecule has 2 aliphatic rings. The van der Waals surface area contributed by atoms with Crippen molar-refractivity contribution < 1.29 is 19.1 Å². The van der Waals surface area contributed by atoms with Gasteiger partial charge >= 0.3 is 0 Å². The monoisotopic (exact) mass is 497 g/mol. The molecule has 5 rings (SSSR count). The number of ketones is 1. The summed E-state index contributed by atoms with van der Waals surface area (Å²) in [6.45, 7) is 1.58. The molecule has 0 spiro atoms. The van der Waals surface area contributed by atoms with Crippen LogP contribution in [0.4, 0.5) is 0 Å². The van der Waals surface area contributed by atoms with E-state index in [1.165, 1.54) is 11.1 Å². The van der Waals surface area contributed by atoms with E-state index in [1.54, 1.807) is 7.11 Å². The number of benzene rings is 3. The Kier molecular flexibility index (Phi) is 7.88. The van der Waals surface area contributed by atoms with Gasteiger partial charge in [-0.15, -0.1) is 0 Å². The van der Waals surface area contributed by atoms with Gasteiger partial charge in [0.2, 0.25) is 5.91 Å². The number of fused-ring (bicyclic) bond motifs is 1. The Balaban J connectivity index is 1.24. The highest BCUT2D eigenvalue weighted by molar-refractivity contribution is 5.85. The minimum Gasteiger partial charge on any atom is -0.497 e. The molecule has 1 aliphatic carbocycles. The van der Waals surface area contributed by atoms with Crippen molar-refractivity contribution in [2.24, 2.45) is 11.8 Å². The Bertz CT molecular complexity index is 1220. The van der Waals surface area contributed by atoms with Gasteiger partial charge in [0, 0.05) is 23.9 Å². The van der Waals surface area contributed by atoms with Gasteiger partial charge in [-0.25, -0.2) is 0 Å². The molecule has 0 bridgehead atoms. The summed E-state index contributed by atoms with van der Waals surface area (Å²) >= 11 is 0. The summed E-state index contributed by atoms with van der Waals surface area (Å²) in [5.74, 6) is 2.46. The van der Waals surface area contributed by atoms with Crippen molar-refractivity contribution >= 4 is 11.7 Å². The summed E-state index contributed by atoms with van der Waals surface area (Å²) in [6.07, 6.45) is 4.91. The molecule has 1 fully saturated rings. The topological polar surface area (TPSA) is 55.8 Å². The number of methoxy groups -OCH3 is 1. The average Bonchev–Trinajstić information content (AvgIpc) is 3.79. The van der Waals surface area contributed by atoms with E-state index >= 15 is 0 Å². The number of hydrogen-bond acceptors (Lipinski definition) is 4. The Morgan fingerprint density at radius 1 is 0.973 bits per heavy atom. The average molecular weight is 498 g/mol. The van der Waals surface area contributed by atoms with Crippen molar-refractivity contribution in [3.63, 3.8) is 0 Å². The molecule has 1 heterocycles. The molecule has 1 saturated carbocycles. The van der Waals surface area contributed by atoms with Gasteiger partial charge < -0.3 is 14.4 Å². The smallest absolute Gasteiger partial charge is 0.227 e. The molecule has 37 heavy (non-hydrogen) atoms. The van der Waals surface area contributed by atoms with Gasteiger partial charge in [0.1, 0.15) is 23.9 Å². The number of nitrogens with zero attached hydrogens (tertiary/aromatic N) is 1. The molecule has 1 amide bonds. The normalized spacial score (nSPS) is 15.8. The van der Waals surface area contributed by atoms with Crippen LogP contribution < -0.4 is 9.47 Å². The Morgan fingerprint density at radius 3 is 2.46 bits per heavy atom. The number of carbonyl (C=O) groups excluding carboxylic acids is 2. The highest BCUT2D eigenvalue weighted by atomic mass is 16.5. The van der Waals surface area contributed by atoms with E-state index in [2.05, 4.69) is 24.3 Å². The maximum absolute atomic E-state index is 13.1. The first-order valence-corrected chi connectivity index (χ1v) is 13.3. The lowest BCUT2D eigenvalue weighted by Gasteiger charge is -2.20. The molecule has 5 heteroatoms. The van der Waals surface area contributed by atoms with Gasteiger partial charge in [0.25, 0.3) is 0 Å². The van der Waals surface area contributed by atoms with E-state index in [9.17, 15) is 9.59 Å². The molecule has 1 unspecified atom stereocenters. The molecule has 5 nitrogen and oxygen atoms in total. The number of aryl methyl sites for hydroxylation is 1. The van der Waals surface area contributed by atoms with Crippen LogP contribution in [0.15, 0.2) is 72.8 Å². The molecule has 3 aromatic carbocycles. The van der Waals surface area contributed by atoms with Gasteiger partial charge in [-0.3, -0.25) is 9.59 Å². The molecule has 0 radical (unpaired) electrons. The minimum absolute atomic E-state index is 0.0486. The summed E-state index contributed by atoms with van der Waals surface area (Å²) in [7, 11) is 1.64. The zero-order valence-corrected chi connectivity index (χ0v) is 21.5. The van der Waals surface area contributed by atoms with Crippen LogP contribution in [-0.4, -0.2) is 36.9 Å². The van der Waals surface area contributed by atoms with Gasteiger partial charge in [-0.05, 0) is 67.0 Å². The van der Waals surface area contributed by atoms with Crippen molar-refractivity contribution in [2.75, 3.05) is 20.3 Å². The molecule has 0 N–H and O–H groups in total. The molecular weight excluding hydrogens is 462 g/mol. The highest BCUT2D eigenvalue weighted by Crippen LogP contribution is 2.35. The summed E-state index contributed by atoms with van der Waals surface area (Å²) in [5, 5.41) is 0. The molecule has 0 aromatic heterocycles. The summed E-state index contributed by atoms with van der Waals surface area (Å²) < 4.78 is 11.2. The van der Waals surface area contributed by atoms with Crippen LogP contribution in [-0.2, 0) is 35.4 Å². The summed E-state index contributed by atoms with van der Waals surface area (Å²) in [6, 6.07) is 24.3. The fourth-order valence-electron chi connectivity index (χ4n) is 5.13. The second-order valence-corrected chi connectivity index (χ2v) is 10.2. The zero-order chi connectivity index (χ0) is 25.6. The lowest BCUT2D eigenvalue weighted by atomic mass is 9.87. The van der Waals surface area contributed by atoms with Gasteiger partial charge in [0.05, 0.1) is 20.1 Å². The molecule has 3 aromatic rings. The van der Waals surface area contributed by atoms with Crippen LogP contribution in [0.2, 0.25) is 0 Å². The lowest BCUT2D eigenvalue weighted by Crippen LogP contribution is -2.33. The van der Waals surface area contributed by atoms with E-state index in [0.717, 1.165) is 54.7 Å². The molecule has 1 atom stereocenters. The third-order valence-electron chi connectivity index (χ3n) is 7.46. The Labute approximate surface area is 219 Å². The van der Waals surface area contributed by atoms with Crippen molar-refractivity contribution in [3.05, 3.63) is 95.1 Å². The maximum Gasteiger partial charge on any atom is 0.227 e. The summed E-state index contributed by atoms with van der Waals surface area (Å²) in [4.78, 5) is 28.0. The third-order valence-corrected chi connectivity index (χ3v) is 7.46. The van der Waals surface area contributed by atoms with Gasteiger partial charge in [0.15, 0.2) is 0 Å². The van der Waals surface area contributed by atoms with Crippen LogP contribution in [0.25, 0.3) is 0 Å². The highest BCUT2D eigenvalue weighted by Gasteiger charge is 2.34. The summed E-state index contributed by atoms with van der Waals surface area (Å²) in [5.41, 5.74) is 4.41. The number of rotatable bonds is 10. The van der Waals surface area contributed by atoms with Crippen molar-refractivity contribution in [2.45, 2.75) is 45.1 Å². The third kappa shape index (κ3) is 6.59.